The lowest BCUT2D eigenvalue weighted by Crippen LogP contribution is -2.24. The molecule has 0 spiro atoms. The van der Waals surface area contributed by atoms with Crippen LogP contribution in [-0.4, -0.2) is 28.6 Å². The van der Waals surface area contributed by atoms with Gasteiger partial charge in [-0.15, -0.1) is 0 Å². The number of ether oxygens (including phenoxy) is 1. The van der Waals surface area contributed by atoms with Crippen molar-refractivity contribution in [2.75, 3.05) is 12.4 Å². The number of methoxy groups -OCH3 is 1. The molecule has 28 heavy (non-hydrogen) atoms. The van der Waals surface area contributed by atoms with E-state index in [0.717, 1.165) is 16.4 Å². The van der Waals surface area contributed by atoms with Gasteiger partial charge >= 0.3 is 0 Å². The summed E-state index contributed by atoms with van der Waals surface area (Å²) in [5.41, 5.74) is 3.16. The van der Waals surface area contributed by atoms with E-state index in [4.69, 9.17) is 9.15 Å². The summed E-state index contributed by atoms with van der Waals surface area (Å²) >= 11 is 0. The van der Waals surface area contributed by atoms with Gasteiger partial charge in [-0.05, 0) is 26.0 Å². The van der Waals surface area contributed by atoms with E-state index in [1.54, 1.807) is 37.7 Å². The van der Waals surface area contributed by atoms with E-state index in [0.29, 0.717) is 34.0 Å². The molecule has 0 saturated heterocycles. The molecule has 7 heteroatoms. The molecule has 7 nitrogen and oxygen atoms in total. The van der Waals surface area contributed by atoms with Gasteiger partial charge in [0, 0.05) is 29.6 Å². The monoisotopic (exact) mass is 377 g/mol. The molecule has 2 heterocycles. The van der Waals surface area contributed by atoms with Crippen molar-refractivity contribution in [2.45, 2.75) is 13.8 Å². The molecule has 0 aliphatic carbocycles. The molecule has 0 radical (unpaired) electrons. The number of hydrogen-bond acceptors (Lipinski definition) is 5. The smallest absolute Gasteiger partial charge is 0.297 e. The number of aromatic nitrogens is 2. The van der Waals surface area contributed by atoms with Crippen molar-refractivity contribution in [1.82, 2.24) is 9.78 Å². The second-order valence-corrected chi connectivity index (χ2v) is 6.60. The SMILES string of the molecule is COc1cc2c(cc1NC(=O)C(=O)c1c(C)nn(C)c1C)oc1ccccc12. The zero-order chi connectivity index (χ0) is 20.0. The number of para-hydroxylation sites is 1. The van der Waals surface area contributed by atoms with Gasteiger partial charge in [-0.3, -0.25) is 14.3 Å². The summed E-state index contributed by atoms with van der Waals surface area (Å²) in [6, 6.07) is 11.1. The van der Waals surface area contributed by atoms with Crippen molar-refractivity contribution in [3.8, 4) is 5.75 Å². The first-order valence-corrected chi connectivity index (χ1v) is 8.76. The molecule has 0 bridgehead atoms. The molecule has 4 rings (SSSR count). The Morgan fingerprint density at radius 2 is 1.86 bits per heavy atom. The number of hydrogen-bond donors (Lipinski definition) is 1. The number of Topliss-reactive ketones (excluding diaryl/α,β-unsaturated/α-hetero) is 1. The Bertz CT molecular complexity index is 1250. The summed E-state index contributed by atoms with van der Waals surface area (Å²) in [4.78, 5) is 25.3. The number of carbonyl (C=O) groups is 2. The average Bonchev–Trinajstić information content (AvgIpc) is 3.16. The predicted octanol–water partition coefficient (Wildman–Crippen LogP) is 3.77. The predicted molar refractivity (Wildman–Crippen MR) is 106 cm³/mol. The Kier molecular flexibility index (Phi) is 4.15. The Morgan fingerprint density at radius 3 is 2.54 bits per heavy atom. The standard InChI is InChI=1S/C21H19N3O4/c1-11-19(12(2)24(3)23-11)20(25)21(26)22-15-10-17-14(9-18(15)27-4)13-7-5-6-8-16(13)28-17/h5-10H,1-4H3,(H,22,26). The third-order valence-electron chi connectivity index (χ3n) is 4.89. The van der Waals surface area contributed by atoms with Crippen LogP contribution in [0.25, 0.3) is 21.9 Å². The maximum atomic E-state index is 12.7. The van der Waals surface area contributed by atoms with Crippen LogP contribution < -0.4 is 10.1 Å². The van der Waals surface area contributed by atoms with E-state index >= 15 is 0 Å². The lowest BCUT2D eigenvalue weighted by atomic mass is 10.1. The summed E-state index contributed by atoms with van der Waals surface area (Å²) in [5.74, 6) is -0.956. The van der Waals surface area contributed by atoms with E-state index in [-0.39, 0.29) is 0 Å². The van der Waals surface area contributed by atoms with Crippen molar-refractivity contribution in [3.63, 3.8) is 0 Å². The van der Waals surface area contributed by atoms with E-state index in [1.807, 2.05) is 24.3 Å². The summed E-state index contributed by atoms with van der Waals surface area (Å²) in [5, 5.41) is 8.67. The maximum Gasteiger partial charge on any atom is 0.297 e. The molecule has 0 aliphatic rings. The quantitative estimate of drug-likeness (QED) is 0.432. The van der Waals surface area contributed by atoms with Crippen LogP contribution in [-0.2, 0) is 11.8 Å². The normalized spacial score (nSPS) is 11.1. The van der Waals surface area contributed by atoms with Crippen LogP contribution in [0.15, 0.2) is 40.8 Å². The van der Waals surface area contributed by atoms with Crippen molar-refractivity contribution < 1.29 is 18.7 Å². The van der Waals surface area contributed by atoms with Crippen LogP contribution in [0.1, 0.15) is 21.7 Å². The van der Waals surface area contributed by atoms with Gasteiger partial charge in [0.2, 0.25) is 0 Å². The van der Waals surface area contributed by atoms with Crippen LogP contribution >= 0.6 is 0 Å². The van der Waals surface area contributed by atoms with Crippen molar-refractivity contribution >= 4 is 39.3 Å². The molecule has 4 aromatic rings. The van der Waals surface area contributed by atoms with Gasteiger partial charge < -0.3 is 14.5 Å². The average molecular weight is 377 g/mol. The number of carbonyl (C=O) groups excluding carboxylic acids is 2. The Balaban J connectivity index is 1.73. The first kappa shape index (κ1) is 17.8. The van der Waals surface area contributed by atoms with Gasteiger partial charge in [-0.1, -0.05) is 18.2 Å². The molecule has 0 unspecified atom stereocenters. The third-order valence-corrected chi connectivity index (χ3v) is 4.89. The van der Waals surface area contributed by atoms with Gasteiger partial charge in [-0.25, -0.2) is 0 Å². The largest absolute Gasteiger partial charge is 0.495 e. The minimum absolute atomic E-state index is 0.309. The third kappa shape index (κ3) is 2.72. The molecule has 0 fully saturated rings. The number of benzene rings is 2. The molecular weight excluding hydrogens is 358 g/mol. The summed E-state index contributed by atoms with van der Waals surface area (Å²) in [6.07, 6.45) is 0. The first-order chi connectivity index (χ1) is 13.4. The summed E-state index contributed by atoms with van der Waals surface area (Å²) in [6.45, 7) is 3.45. The molecule has 2 aromatic heterocycles. The number of ketones is 1. The van der Waals surface area contributed by atoms with Crippen molar-refractivity contribution in [2.24, 2.45) is 7.05 Å². The molecule has 0 aliphatic heterocycles. The number of anilines is 1. The minimum atomic E-state index is -0.757. The highest BCUT2D eigenvalue weighted by Gasteiger charge is 2.25. The fraction of sp³-hybridized carbons (Fsp3) is 0.190. The molecular formula is C21H19N3O4. The number of amides is 1. The minimum Gasteiger partial charge on any atom is -0.495 e. The maximum absolute atomic E-state index is 12.7. The van der Waals surface area contributed by atoms with E-state index in [1.165, 1.54) is 7.11 Å². The van der Waals surface area contributed by atoms with Gasteiger partial charge in [0.05, 0.1) is 24.1 Å². The Labute approximate surface area is 160 Å². The molecule has 0 saturated carbocycles. The number of furan rings is 1. The lowest BCUT2D eigenvalue weighted by molar-refractivity contribution is -0.112. The first-order valence-electron chi connectivity index (χ1n) is 8.76. The molecule has 2 aromatic carbocycles. The molecule has 1 amide bonds. The topological polar surface area (TPSA) is 86.4 Å². The highest BCUT2D eigenvalue weighted by Crippen LogP contribution is 2.36. The Morgan fingerprint density at radius 1 is 1.11 bits per heavy atom. The van der Waals surface area contributed by atoms with Crippen molar-refractivity contribution in [3.05, 3.63) is 53.3 Å². The number of nitrogens with zero attached hydrogens (tertiary/aromatic N) is 2. The number of nitrogens with one attached hydrogen (secondary N) is 1. The fourth-order valence-corrected chi connectivity index (χ4v) is 3.41. The number of aryl methyl sites for hydroxylation is 2. The summed E-state index contributed by atoms with van der Waals surface area (Å²) < 4.78 is 12.9. The highest BCUT2D eigenvalue weighted by atomic mass is 16.5. The zero-order valence-corrected chi connectivity index (χ0v) is 16.0. The van der Waals surface area contributed by atoms with Crippen LogP contribution in [0, 0.1) is 13.8 Å². The van der Waals surface area contributed by atoms with Crippen molar-refractivity contribution in [1.29, 1.82) is 0 Å². The Hall–Kier alpha value is -3.61. The van der Waals surface area contributed by atoms with Crippen LogP contribution in [0.4, 0.5) is 5.69 Å². The van der Waals surface area contributed by atoms with Gasteiger partial charge in [0.25, 0.3) is 11.7 Å². The summed E-state index contributed by atoms with van der Waals surface area (Å²) in [7, 11) is 3.24. The highest BCUT2D eigenvalue weighted by molar-refractivity contribution is 6.47. The molecule has 1 N–H and O–H groups in total. The van der Waals surface area contributed by atoms with Gasteiger partial charge in [0.1, 0.15) is 16.9 Å². The molecule has 0 atom stereocenters. The van der Waals surface area contributed by atoms with E-state index in [9.17, 15) is 9.59 Å². The van der Waals surface area contributed by atoms with Crippen LogP contribution in [0.3, 0.4) is 0 Å². The van der Waals surface area contributed by atoms with Crippen LogP contribution in [0.5, 0.6) is 5.75 Å². The zero-order valence-electron chi connectivity index (χ0n) is 16.0. The second-order valence-electron chi connectivity index (χ2n) is 6.60. The van der Waals surface area contributed by atoms with Gasteiger partial charge in [0.15, 0.2) is 0 Å². The lowest BCUT2D eigenvalue weighted by Gasteiger charge is -2.10. The van der Waals surface area contributed by atoms with Crippen LogP contribution in [0.2, 0.25) is 0 Å². The number of rotatable bonds is 4. The second kappa shape index (κ2) is 6.53. The van der Waals surface area contributed by atoms with E-state index in [2.05, 4.69) is 10.4 Å². The number of fused-ring (bicyclic) bond motifs is 3. The fourth-order valence-electron chi connectivity index (χ4n) is 3.41. The van der Waals surface area contributed by atoms with E-state index < -0.39 is 11.7 Å². The molecule has 142 valence electrons. The van der Waals surface area contributed by atoms with Gasteiger partial charge in [-0.2, -0.15) is 5.10 Å².